The molecule has 0 nitrogen and oxygen atoms in total. The van der Waals surface area contributed by atoms with E-state index in [0.717, 1.165) is 11.8 Å². The summed E-state index contributed by atoms with van der Waals surface area (Å²) in [5, 5.41) is 0. The fourth-order valence-electron chi connectivity index (χ4n) is 2.28. The van der Waals surface area contributed by atoms with Gasteiger partial charge in [-0.15, -0.1) is 0 Å². The Hall–Kier alpha value is -0.520. The Morgan fingerprint density at radius 3 is 2.47 bits per heavy atom. The first-order chi connectivity index (χ1) is 7.11. The van der Waals surface area contributed by atoms with E-state index in [-0.39, 0.29) is 0 Å². The van der Waals surface area contributed by atoms with Gasteiger partial charge in [0.1, 0.15) is 0 Å². The predicted octanol–water partition coefficient (Wildman–Crippen LogP) is 5.12. The SMILES string of the molecule is CC(C)CCCCC1=C(C(C)C)CC=C1. The van der Waals surface area contributed by atoms with Crippen LogP contribution < -0.4 is 0 Å². The molecule has 0 aliphatic heterocycles. The van der Waals surface area contributed by atoms with Crippen molar-refractivity contribution < 1.29 is 0 Å². The number of hydrogen-bond donors (Lipinski definition) is 0. The van der Waals surface area contributed by atoms with Gasteiger partial charge in [-0.25, -0.2) is 0 Å². The molecule has 0 amide bonds. The molecule has 0 saturated heterocycles. The molecule has 0 bridgehead atoms. The lowest BCUT2D eigenvalue weighted by Crippen LogP contribution is -1.95. The van der Waals surface area contributed by atoms with Crippen LogP contribution in [0.1, 0.15) is 59.8 Å². The summed E-state index contributed by atoms with van der Waals surface area (Å²) >= 11 is 0. The van der Waals surface area contributed by atoms with Crippen LogP contribution in [0.5, 0.6) is 0 Å². The van der Waals surface area contributed by atoms with Gasteiger partial charge in [-0.2, -0.15) is 0 Å². The van der Waals surface area contributed by atoms with Crippen LogP contribution in [0.15, 0.2) is 23.3 Å². The highest BCUT2D eigenvalue weighted by atomic mass is 14.2. The molecule has 0 spiro atoms. The Bertz CT molecular complexity index is 241. The van der Waals surface area contributed by atoms with Gasteiger partial charge in [-0.1, -0.05) is 58.3 Å². The number of unbranched alkanes of at least 4 members (excludes halogenated alkanes) is 1. The average Bonchev–Trinajstić information content (AvgIpc) is 2.60. The highest BCUT2D eigenvalue weighted by molar-refractivity contribution is 5.34. The number of rotatable bonds is 6. The van der Waals surface area contributed by atoms with Gasteiger partial charge < -0.3 is 0 Å². The molecule has 15 heavy (non-hydrogen) atoms. The normalized spacial score (nSPS) is 16.1. The Balaban J connectivity index is 2.31. The molecule has 0 unspecified atom stereocenters. The third-order valence-electron chi connectivity index (χ3n) is 3.24. The van der Waals surface area contributed by atoms with E-state index < -0.39 is 0 Å². The van der Waals surface area contributed by atoms with E-state index in [2.05, 4.69) is 39.8 Å². The van der Waals surface area contributed by atoms with Crippen LogP contribution in [0.25, 0.3) is 0 Å². The van der Waals surface area contributed by atoms with Gasteiger partial charge in [-0.05, 0) is 36.7 Å². The summed E-state index contributed by atoms with van der Waals surface area (Å²) in [4.78, 5) is 0. The van der Waals surface area contributed by atoms with Crippen LogP contribution in [0.3, 0.4) is 0 Å². The lowest BCUT2D eigenvalue weighted by atomic mass is 9.95. The van der Waals surface area contributed by atoms with Crippen molar-refractivity contribution in [3.63, 3.8) is 0 Å². The zero-order valence-corrected chi connectivity index (χ0v) is 10.8. The molecule has 0 aromatic heterocycles. The van der Waals surface area contributed by atoms with E-state index in [0.29, 0.717) is 0 Å². The standard InChI is InChI=1S/C15H26/c1-12(2)8-5-6-9-14-10-7-11-15(14)13(3)4/h7,10,12-13H,5-6,8-9,11H2,1-4H3. The van der Waals surface area contributed by atoms with Crippen molar-refractivity contribution in [2.75, 3.05) is 0 Å². The Labute approximate surface area is 95.5 Å². The van der Waals surface area contributed by atoms with Crippen molar-refractivity contribution in [1.29, 1.82) is 0 Å². The summed E-state index contributed by atoms with van der Waals surface area (Å²) < 4.78 is 0. The molecule has 0 heterocycles. The van der Waals surface area contributed by atoms with Gasteiger partial charge >= 0.3 is 0 Å². The zero-order valence-electron chi connectivity index (χ0n) is 10.8. The van der Waals surface area contributed by atoms with Crippen molar-refractivity contribution in [3.05, 3.63) is 23.3 Å². The lowest BCUT2D eigenvalue weighted by Gasteiger charge is -2.11. The minimum atomic E-state index is 0.736. The summed E-state index contributed by atoms with van der Waals surface area (Å²) in [7, 11) is 0. The molecule has 0 heteroatoms. The fraction of sp³-hybridized carbons (Fsp3) is 0.733. The van der Waals surface area contributed by atoms with Crippen molar-refractivity contribution in [3.8, 4) is 0 Å². The second-order valence-electron chi connectivity index (χ2n) is 5.45. The summed E-state index contributed by atoms with van der Waals surface area (Å²) in [6.07, 6.45) is 11.3. The van der Waals surface area contributed by atoms with E-state index in [1.807, 2.05) is 0 Å². The molecular weight excluding hydrogens is 180 g/mol. The molecule has 0 atom stereocenters. The van der Waals surface area contributed by atoms with Crippen molar-refractivity contribution in [2.45, 2.75) is 59.8 Å². The summed E-state index contributed by atoms with van der Waals surface area (Å²) in [6.45, 7) is 9.26. The first kappa shape index (κ1) is 12.5. The van der Waals surface area contributed by atoms with Crippen LogP contribution in [0.2, 0.25) is 0 Å². The van der Waals surface area contributed by atoms with Crippen molar-refractivity contribution >= 4 is 0 Å². The summed E-state index contributed by atoms with van der Waals surface area (Å²) in [5.41, 5.74) is 3.31. The third-order valence-corrected chi connectivity index (χ3v) is 3.24. The summed E-state index contributed by atoms with van der Waals surface area (Å²) in [6, 6.07) is 0. The van der Waals surface area contributed by atoms with Crippen molar-refractivity contribution in [2.24, 2.45) is 11.8 Å². The van der Waals surface area contributed by atoms with Crippen LogP contribution in [0.4, 0.5) is 0 Å². The molecule has 0 radical (unpaired) electrons. The first-order valence-electron chi connectivity index (χ1n) is 6.49. The molecule has 0 aromatic rings. The molecule has 1 rings (SSSR count). The monoisotopic (exact) mass is 206 g/mol. The van der Waals surface area contributed by atoms with E-state index in [4.69, 9.17) is 0 Å². The van der Waals surface area contributed by atoms with Gasteiger partial charge in [0.2, 0.25) is 0 Å². The Kier molecular flexibility index (Phi) is 5.14. The second-order valence-corrected chi connectivity index (χ2v) is 5.45. The molecule has 0 N–H and O–H groups in total. The molecule has 0 saturated carbocycles. The van der Waals surface area contributed by atoms with E-state index in [1.54, 1.807) is 11.1 Å². The molecule has 86 valence electrons. The van der Waals surface area contributed by atoms with Crippen LogP contribution in [0, 0.1) is 11.8 Å². The zero-order chi connectivity index (χ0) is 11.3. The Morgan fingerprint density at radius 1 is 1.13 bits per heavy atom. The maximum Gasteiger partial charge on any atom is -0.0127 e. The smallest absolute Gasteiger partial charge is 0.0127 e. The largest absolute Gasteiger partial charge is 0.0802 e. The van der Waals surface area contributed by atoms with Gasteiger partial charge in [0, 0.05) is 0 Å². The molecule has 1 aliphatic rings. The maximum absolute atomic E-state index is 2.35. The molecular formula is C15H26. The number of allylic oxidation sites excluding steroid dienone is 4. The minimum absolute atomic E-state index is 0.736. The molecule has 0 aromatic carbocycles. The third kappa shape index (κ3) is 4.24. The van der Waals surface area contributed by atoms with Gasteiger partial charge in [0.25, 0.3) is 0 Å². The predicted molar refractivity (Wildman–Crippen MR) is 68.9 cm³/mol. The van der Waals surface area contributed by atoms with E-state index >= 15 is 0 Å². The van der Waals surface area contributed by atoms with E-state index in [9.17, 15) is 0 Å². The topological polar surface area (TPSA) is 0 Å². The number of hydrogen-bond acceptors (Lipinski definition) is 0. The quantitative estimate of drug-likeness (QED) is 0.529. The molecule has 1 aliphatic carbocycles. The van der Waals surface area contributed by atoms with Gasteiger partial charge in [-0.3, -0.25) is 0 Å². The summed E-state index contributed by atoms with van der Waals surface area (Å²) in [5.74, 6) is 1.60. The minimum Gasteiger partial charge on any atom is -0.0802 e. The second kappa shape index (κ2) is 6.15. The van der Waals surface area contributed by atoms with Crippen LogP contribution in [-0.4, -0.2) is 0 Å². The van der Waals surface area contributed by atoms with Gasteiger partial charge in [0.05, 0.1) is 0 Å². The highest BCUT2D eigenvalue weighted by Gasteiger charge is 2.11. The lowest BCUT2D eigenvalue weighted by molar-refractivity contribution is 0.537. The van der Waals surface area contributed by atoms with Crippen LogP contribution in [-0.2, 0) is 0 Å². The highest BCUT2D eigenvalue weighted by Crippen LogP contribution is 2.29. The fourth-order valence-corrected chi connectivity index (χ4v) is 2.28. The Morgan fingerprint density at radius 2 is 1.87 bits per heavy atom. The average molecular weight is 206 g/mol. The maximum atomic E-state index is 2.35. The first-order valence-corrected chi connectivity index (χ1v) is 6.49. The van der Waals surface area contributed by atoms with E-state index in [1.165, 1.54) is 32.1 Å². The molecule has 0 fully saturated rings. The van der Waals surface area contributed by atoms with Gasteiger partial charge in [0.15, 0.2) is 0 Å². The van der Waals surface area contributed by atoms with Crippen LogP contribution >= 0.6 is 0 Å². The van der Waals surface area contributed by atoms with Crippen molar-refractivity contribution in [1.82, 2.24) is 0 Å².